The van der Waals surface area contributed by atoms with Gasteiger partial charge in [-0.3, -0.25) is 0 Å². The molecule has 0 saturated heterocycles. The van der Waals surface area contributed by atoms with Crippen molar-refractivity contribution < 1.29 is 9.47 Å². The summed E-state index contributed by atoms with van der Waals surface area (Å²) in [7, 11) is 1.67. The number of guanidine groups is 1. The number of para-hydroxylation sites is 1. The number of anilines is 1. The minimum atomic E-state index is 0.369. The van der Waals surface area contributed by atoms with E-state index in [2.05, 4.69) is 34.6 Å². The minimum absolute atomic E-state index is 0.369. The number of hydrogen-bond donors (Lipinski definition) is 2. The molecular formula is C24H27N3O2. The van der Waals surface area contributed by atoms with Crippen LogP contribution in [0.1, 0.15) is 22.3 Å². The second-order valence-electron chi connectivity index (χ2n) is 6.66. The summed E-state index contributed by atoms with van der Waals surface area (Å²) < 4.78 is 11.1. The first-order chi connectivity index (χ1) is 14.3. The molecule has 0 aliphatic carbocycles. The highest BCUT2D eigenvalue weighted by Gasteiger charge is 2.05. The summed E-state index contributed by atoms with van der Waals surface area (Å²) in [6.45, 7) is 2.11. The Bertz CT molecular complexity index is 926. The molecule has 0 unspecified atom stereocenters. The van der Waals surface area contributed by atoms with Gasteiger partial charge >= 0.3 is 0 Å². The van der Waals surface area contributed by atoms with Crippen LogP contribution in [0.5, 0.6) is 0 Å². The third-order valence-electron chi connectivity index (χ3n) is 4.49. The topological polar surface area (TPSA) is 68.9 Å². The quantitative estimate of drug-likeness (QED) is 0.418. The molecule has 150 valence electrons. The third-order valence-corrected chi connectivity index (χ3v) is 4.49. The summed E-state index contributed by atoms with van der Waals surface area (Å²) in [4.78, 5) is 4.50. The van der Waals surface area contributed by atoms with Crippen molar-refractivity contribution >= 4 is 11.6 Å². The van der Waals surface area contributed by atoms with Gasteiger partial charge < -0.3 is 20.5 Å². The van der Waals surface area contributed by atoms with Crippen molar-refractivity contribution in [1.82, 2.24) is 0 Å². The molecule has 0 amide bonds. The van der Waals surface area contributed by atoms with Crippen LogP contribution >= 0.6 is 0 Å². The standard InChI is InChI=1S/C24H27N3O2/c1-28-17-22-13-7-8-14-23(22)27-24(25)26-15-20-11-5-6-12-21(20)18-29-16-19-9-3-2-4-10-19/h2-14H,15-18H2,1H3,(H3,25,26,27). The normalized spacial score (nSPS) is 11.4. The SMILES string of the molecule is COCc1ccccc1NC(N)=NCc1ccccc1COCc1ccccc1. The number of nitrogens with two attached hydrogens (primary N) is 1. The first kappa shape index (κ1) is 20.6. The molecule has 5 nitrogen and oxygen atoms in total. The number of aliphatic imine (C=N–C) groups is 1. The molecule has 0 heterocycles. The van der Waals surface area contributed by atoms with Crippen LogP contribution in [0.15, 0.2) is 83.9 Å². The lowest BCUT2D eigenvalue weighted by atomic mass is 10.1. The van der Waals surface area contributed by atoms with Gasteiger partial charge in [-0.05, 0) is 22.8 Å². The second kappa shape index (κ2) is 11.0. The summed E-state index contributed by atoms with van der Waals surface area (Å²) in [5, 5.41) is 3.17. The molecule has 0 fully saturated rings. The maximum Gasteiger partial charge on any atom is 0.193 e. The fraction of sp³-hybridized carbons (Fsp3) is 0.208. The van der Waals surface area contributed by atoms with Gasteiger partial charge in [0.15, 0.2) is 5.96 Å². The highest BCUT2D eigenvalue weighted by atomic mass is 16.5. The van der Waals surface area contributed by atoms with Crippen molar-refractivity contribution in [3.8, 4) is 0 Å². The molecule has 3 rings (SSSR count). The average Bonchev–Trinajstić information content (AvgIpc) is 2.75. The third kappa shape index (κ3) is 6.45. The molecule has 0 saturated carbocycles. The number of methoxy groups -OCH3 is 1. The zero-order valence-electron chi connectivity index (χ0n) is 16.7. The largest absolute Gasteiger partial charge is 0.380 e. The van der Waals surface area contributed by atoms with E-state index in [1.165, 1.54) is 0 Å². The van der Waals surface area contributed by atoms with E-state index in [0.717, 1.165) is 27.9 Å². The molecule has 3 aromatic carbocycles. The zero-order valence-corrected chi connectivity index (χ0v) is 16.7. The van der Waals surface area contributed by atoms with E-state index < -0.39 is 0 Å². The van der Waals surface area contributed by atoms with Crippen LogP contribution in [0.3, 0.4) is 0 Å². The van der Waals surface area contributed by atoms with Crippen molar-refractivity contribution in [3.63, 3.8) is 0 Å². The smallest absolute Gasteiger partial charge is 0.193 e. The summed E-state index contributed by atoms with van der Waals surface area (Å²) >= 11 is 0. The Labute approximate surface area is 172 Å². The van der Waals surface area contributed by atoms with Crippen LogP contribution in [0, 0.1) is 0 Å². The summed E-state index contributed by atoms with van der Waals surface area (Å²) in [6.07, 6.45) is 0. The lowest BCUT2D eigenvalue weighted by molar-refractivity contribution is 0.106. The lowest BCUT2D eigenvalue weighted by Gasteiger charge is -2.12. The molecule has 0 aliphatic rings. The van der Waals surface area contributed by atoms with Gasteiger partial charge in [-0.1, -0.05) is 72.8 Å². The predicted molar refractivity (Wildman–Crippen MR) is 117 cm³/mol. The van der Waals surface area contributed by atoms with Crippen molar-refractivity contribution in [1.29, 1.82) is 0 Å². The van der Waals surface area contributed by atoms with Crippen LogP contribution in [0.4, 0.5) is 5.69 Å². The van der Waals surface area contributed by atoms with E-state index in [9.17, 15) is 0 Å². The maximum atomic E-state index is 6.11. The first-order valence-corrected chi connectivity index (χ1v) is 9.58. The van der Waals surface area contributed by atoms with E-state index in [1.54, 1.807) is 7.11 Å². The number of nitrogens with zero attached hydrogens (tertiary/aromatic N) is 1. The van der Waals surface area contributed by atoms with E-state index in [0.29, 0.717) is 32.3 Å². The molecular weight excluding hydrogens is 362 g/mol. The van der Waals surface area contributed by atoms with Gasteiger partial charge in [0.25, 0.3) is 0 Å². The molecule has 3 N–H and O–H groups in total. The van der Waals surface area contributed by atoms with Crippen LogP contribution in [-0.4, -0.2) is 13.1 Å². The van der Waals surface area contributed by atoms with Gasteiger partial charge in [-0.15, -0.1) is 0 Å². The van der Waals surface area contributed by atoms with Crippen molar-refractivity contribution in [2.45, 2.75) is 26.4 Å². The van der Waals surface area contributed by atoms with E-state index in [-0.39, 0.29) is 0 Å². The number of ether oxygens (including phenoxy) is 2. The zero-order chi connectivity index (χ0) is 20.3. The van der Waals surface area contributed by atoms with Gasteiger partial charge in [0, 0.05) is 18.4 Å². The van der Waals surface area contributed by atoms with E-state index >= 15 is 0 Å². The molecule has 0 aromatic heterocycles. The van der Waals surface area contributed by atoms with Crippen LogP contribution in [0.25, 0.3) is 0 Å². The highest BCUT2D eigenvalue weighted by molar-refractivity contribution is 5.92. The van der Waals surface area contributed by atoms with Gasteiger partial charge in [0.1, 0.15) is 0 Å². The highest BCUT2D eigenvalue weighted by Crippen LogP contribution is 2.16. The van der Waals surface area contributed by atoms with Gasteiger partial charge in [0.2, 0.25) is 0 Å². The van der Waals surface area contributed by atoms with Crippen LogP contribution in [0.2, 0.25) is 0 Å². The Morgan fingerprint density at radius 3 is 2.21 bits per heavy atom. The summed E-state index contributed by atoms with van der Waals surface area (Å²) in [5.41, 5.74) is 11.4. The molecule has 0 radical (unpaired) electrons. The van der Waals surface area contributed by atoms with E-state index in [1.807, 2.05) is 54.6 Å². The summed E-state index contributed by atoms with van der Waals surface area (Å²) in [5.74, 6) is 0.369. The average molecular weight is 389 g/mol. The van der Waals surface area contributed by atoms with Crippen molar-refractivity contribution in [2.75, 3.05) is 12.4 Å². The molecule has 0 atom stereocenters. The number of nitrogens with one attached hydrogen (secondary N) is 1. The monoisotopic (exact) mass is 389 g/mol. The number of rotatable bonds is 9. The first-order valence-electron chi connectivity index (χ1n) is 9.58. The minimum Gasteiger partial charge on any atom is -0.380 e. The van der Waals surface area contributed by atoms with Gasteiger partial charge in [-0.25, -0.2) is 4.99 Å². The Balaban J connectivity index is 1.60. The Morgan fingerprint density at radius 2 is 1.45 bits per heavy atom. The van der Waals surface area contributed by atoms with Crippen LogP contribution in [-0.2, 0) is 35.8 Å². The Kier molecular flexibility index (Phi) is 7.81. The fourth-order valence-corrected chi connectivity index (χ4v) is 2.98. The molecule has 0 spiro atoms. The van der Waals surface area contributed by atoms with Crippen LogP contribution < -0.4 is 11.1 Å². The Hall–Kier alpha value is -3.15. The molecule has 29 heavy (non-hydrogen) atoms. The number of hydrogen-bond acceptors (Lipinski definition) is 3. The van der Waals surface area contributed by atoms with Gasteiger partial charge in [0.05, 0.1) is 26.4 Å². The van der Waals surface area contributed by atoms with E-state index in [4.69, 9.17) is 15.2 Å². The predicted octanol–water partition coefficient (Wildman–Crippen LogP) is 4.48. The molecule has 0 aliphatic heterocycles. The lowest BCUT2D eigenvalue weighted by Crippen LogP contribution is -2.23. The van der Waals surface area contributed by atoms with Crippen molar-refractivity contribution in [3.05, 3.63) is 101 Å². The van der Waals surface area contributed by atoms with Gasteiger partial charge in [-0.2, -0.15) is 0 Å². The molecule has 5 heteroatoms. The summed E-state index contributed by atoms with van der Waals surface area (Å²) in [6, 6.07) is 26.2. The van der Waals surface area contributed by atoms with Crippen molar-refractivity contribution in [2.24, 2.45) is 10.7 Å². The molecule has 0 bridgehead atoms. The molecule has 3 aromatic rings. The number of benzene rings is 3. The maximum absolute atomic E-state index is 6.11. The fourth-order valence-electron chi connectivity index (χ4n) is 2.98. The second-order valence-corrected chi connectivity index (χ2v) is 6.66. The Morgan fingerprint density at radius 1 is 0.793 bits per heavy atom.